The molecular formula is C15H17Cl2NO4. The van der Waals surface area contributed by atoms with E-state index in [1.54, 1.807) is 19.1 Å². The minimum atomic E-state index is -0.869. The number of benzene rings is 1. The van der Waals surface area contributed by atoms with Gasteiger partial charge in [-0.25, -0.2) is 0 Å². The summed E-state index contributed by atoms with van der Waals surface area (Å²) in [4.78, 5) is 25.0. The van der Waals surface area contributed by atoms with Crippen LogP contribution in [0.1, 0.15) is 19.8 Å². The third-order valence-corrected chi connectivity index (χ3v) is 4.16. The summed E-state index contributed by atoms with van der Waals surface area (Å²) in [5, 5.41) is 9.89. The molecule has 2 rings (SSSR count). The van der Waals surface area contributed by atoms with Crippen molar-refractivity contribution in [2.24, 2.45) is 5.92 Å². The third kappa shape index (κ3) is 4.05. The van der Waals surface area contributed by atoms with Crippen molar-refractivity contribution >= 4 is 35.1 Å². The highest BCUT2D eigenvalue weighted by Crippen LogP contribution is 2.28. The van der Waals surface area contributed by atoms with Gasteiger partial charge < -0.3 is 14.7 Å². The largest absolute Gasteiger partial charge is 0.481 e. The zero-order valence-electron chi connectivity index (χ0n) is 12.1. The van der Waals surface area contributed by atoms with Crippen molar-refractivity contribution in [3.05, 3.63) is 28.2 Å². The van der Waals surface area contributed by atoms with Crippen LogP contribution >= 0.6 is 23.2 Å². The van der Waals surface area contributed by atoms with Crippen molar-refractivity contribution in [2.45, 2.75) is 25.9 Å². The smallest absolute Gasteiger partial charge is 0.308 e. The lowest BCUT2D eigenvalue weighted by atomic mass is 9.98. The molecule has 1 aromatic rings. The molecule has 2 atom stereocenters. The summed E-state index contributed by atoms with van der Waals surface area (Å²) in [6.07, 6.45) is 0.528. The quantitative estimate of drug-likeness (QED) is 0.910. The van der Waals surface area contributed by atoms with E-state index in [1.165, 1.54) is 11.0 Å². The number of carbonyl (C=O) groups excluding carboxylic acids is 1. The van der Waals surface area contributed by atoms with E-state index >= 15 is 0 Å². The van der Waals surface area contributed by atoms with Gasteiger partial charge in [-0.15, -0.1) is 0 Å². The molecule has 7 heteroatoms. The maximum atomic E-state index is 12.4. The Balaban J connectivity index is 2.01. The second kappa shape index (κ2) is 7.20. The number of halogens is 2. The number of hydrogen-bond donors (Lipinski definition) is 1. The predicted molar refractivity (Wildman–Crippen MR) is 83.5 cm³/mol. The number of carboxylic acid groups (broad SMARTS) is 1. The molecule has 2 unspecified atom stereocenters. The number of likely N-dealkylation sites (tertiary alicyclic amines) is 1. The van der Waals surface area contributed by atoms with E-state index in [1.807, 2.05) is 0 Å². The monoisotopic (exact) mass is 345 g/mol. The summed E-state index contributed by atoms with van der Waals surface area (Å²) in [5.74, 6) is -1.24. The summed E-state index contributed by atoms with van der Waals surface area (Å²) in [7, 11) is 0. The molecule has 1 aliphatic rings. The van der Waals surface area contributed by atoms with Crippen LogP contribution in [0.2, 0.25) is 10.0 Å². The molecule has 120 valence electrons. The fourth-order valence-corrected chi connectivity index (χ4v) is 2.90. The van der Waals surface area contributed by atoms with E-state index < -0.39 is 18.0 Å². The maximum Gasteiger partial charge on any atom is 0.308 e. The maximum absolute atomic E-state index is 12.4. The third-order valence-electron chi connectivity index (χ3n) is 3.63. The molecule has 0 saturated carbocycles. The van der Waals surface area contributed by atoms with Crippen LogP contribution in [0.15, 0.2) is 18.2 Å². The zero-order valence-corrected chi connectivity index (χ0v) is 13.6. The Morgan fingerprint density at radius 2 is 2.14 bits per heavy atom. The van der Waals surface area contributed by atoms with E-state index in [-0.39, 0.29) is 12.5 Å². The molecule has 0 aliphatic carbocycles. The highest BCUT2D eigenvalue weighted by atomic mass is 35.5. The van der Waals surface area contributed by atoms with Gasteiger partial charge in [0.1, 0.15) is 5.75 Å². The average molecular weight is 346 g/mol. The number of carbonyl (C=O) groups is 2. The van der Waals surface area contributed by atoms with Gasteiger partial charge in [0.25, 0.3) is 5.91 Å². The second-order valence-electron chi connectivity index (χ2n) is 5.30. The first-order chi connectivity index (χ1) is 10.4. The number of hydrogen-bond acceptors (Lipinski definition) is 3. The van der Waals surface area contributed by atoms with Gasteiger partial charge in [-0.1, -0.05) is 23.2 Å². The fourth-order valence-electron chi connectivity index (χ4n) is 2.45. The SMILES string of the molecule is CC(Oc1ccc(Cl)cc1Cl)C(=O)N1CCCC(C(=O)O)C1. The van der Waals surface area contributed by atoms with Crippen LogP contribution in [0, 0.1) is 5.92 Å². The first-order valence-electron chi connectivity index (χ1n) is 7.01. The molecule has 1 heterocycles. The van der Waals surface area contributed by atoms with E-state index in [0.29, 0.717) is 35.2 Å². The van der Waals surface area contributed by atoms with E-state index in [2.05, 4.69) is 0 Å². The van der Waals surface area contributed by atoms with Crippen LogP contribution in [0.25, 0.3) is 0 Å². The van der Waals surface area contributed by atoms with Gasteiger partial charge in [0, 0.05) is 18.1 Å². The Morgan fingerprint density at radius 1 is 1.41 bits per heavy atom. The summed E-state index contributed by atoms with van der Waals surface area (Å²) >= 11 is 11.8. The molecule has 0 spiro atoms. The van der Waals surface area contributed by atoms with Crippen molar-refractivity contribution in [1.82, 2.24) is 4.90 Å². The molecule has 1 aliphatic heterocycles. The van der Waals surface area contributed by atoms with Gasteiger partial charge in [-0.3, -0.25) is 9.59 Å². The molecule has 1 N–H and O–H groups in total. The van der Waals surface area contributed by atoms with Crippen LogP contribution in [0.3, 0.4) is 0 Å². The highest BCUT2D eigenvalue weighted by Gasteiger charge is 2.31. The van der Waals surface area contributed by atoms with Gasteiger partial charge in [-0.05, 0) is 38.0 Å². The fraction of sp³-hybridized carbons (Fsp3) is 0.467. The van der Waals surface area contributed by atoms with Crippen LogP contribution in [-0.4, -0.2) is 41.1 Å². The van der Waals surface area contributed by atoms with Gasteiger partial charge in [0.2, 0.25) is 0 Å². The first kappa shape index (κ1) is 16.9. The molecule has 0 aromatic heterocycles. The number of rotatable bonds is 4. The minimum Gasteiger partial charge on any atom is -0.481 e. The topological polar surface area (TPSA) is 66.8 Å². The number of piperidine rings is 1. The summed E-state index contributed by atoms with van der Waals surface area (Å²) in [6, 6.07) is 4.77. The highest BCUT2D eigenvalue weighted by molar-refractivity contribution is 6.35. The van der Waals surface area contributed by atoms with Gasteiger partial charge in [0.05, 0.1) is 10.9 Å². The summed E-state index contributed by atoms with van der Waals surface area (Å²) in [5.41, 5.74) is 0. The van der Waals surface area contributed by atoms with Crippen LogP contribution in [0.5, 0.6) is 5.75 Å². The molecule has 1 fully saturated rings. The van der Waals surface area contributed by atoms with Gasteiger partial charge in [0.15, 0.2) is 6.10 Å². The summed E-state index contributed by atoms with van der Waals surface area (Å²) < 4.78 is 5.58. The zero-order chi connectivity index (χ0) is 16.3. The van der Waals surface area contributed by atoms with Crippen molar-refractivity contribution < 1.29 is 19.4 Å². The van der Waals surface area contributed by atoms with Crippen molar-refractivity contribution in [3.8, 4) is 5.75 Å². The Bertz CT molecular complexity index is 579. The Kier molecular flexibility index (Phi) is 5.53. The molecule has 0 bridgehead atoms. The lowest BCUT2D eigenvalue weighted by Gasteiger charge is -2.32. The first-order valence-corrected chi connectivity index (χ1v) is 7.77. The molecule has 5 nitrogen and oxygen atoms in total. The lowest BCUT2D eigenvalue weighted by Crippen LogP contribution is -2.47. The van der Waals surface area contributed by atoms with Gasteiger partial charge in [-0.2, -0.15) is 0 Å². The van der Waals surface area contributed by atoms with Crippen LogP contribution in [-0.2, 0) is 9.59 Å². The van der Waals surface area contributed by atoms with E-state index in [0.717, 1.165) is 0 Å². The number of aliphatic carboxylic acids is 1. The second-order valence-corrected chi connectivity index (χ2v) is 6.14. The van der Waals surface area contributed by atoms with E-state index in [4.69, 9.17) is 33.0 Å². The Morgan fingerprint density at radius 3 is 2.77 bits per heavy atom. The minimum absolute atomic E-state index is 0.218. The van der Waals surface area contributed by atoms with Crippen molar-refractivity contribution in [1.29, 1.82) is 0 Å². The van der Waals surface area contributed by atoms with Crippen LogP contribution < -0.4 is 4.74 Å². The number of ether oxygens (including phenoxy) is 1. The Hall–Kier alpha value is -1.46. The van der Waals surface area contributed by atoms with Crippen LogP contribution in [0.4, 0.5) is 0 Å². The normalized spacial score (nSPS) is 19.6. The predicted octanol–water partition coefficient (Wildman–Crippen LogP) is 3.08. The molecular weight excluding hydrogens is 329 g/mol. The average Bonchev–Trinajstić information content (AvgIpc) is 2.49. The Labute approximate surface area is 138 Å². The standard InChI is InChI=1S/C15H17Cl2NO4/c1-9(22-13-5-4-11(16)7-12(13)17)14(19)18-6-2-3-10(8-18)15(20)21/h4-5,7,9-10H,2-3,6,8H2,1H3,(H,20,21). The molecule has 22 heavy (non-hydrogen) atoms. The summed E-state index contributed by atoms with van der Waals surface area (Å²) in [6.45, 7) is 2.39. The molecule has 0 radical (unpaired) electrons. The number of nitrogens with zero attached hydrogens (tertiary/aromatic N) is 1. The molecule has 1 saturated heterocycles. The lowest BCUT2D eigenvalue weighted by molar-refractivity contribution is -0.147. The number of carboxylic acids is 1. The van der Waals surface area contributed by atoms with Crippen molar-refractivity contribution in [2.75, 3.05) is 13.1 Å². The number of amides is 1. The molecule has 1 aromatic carbocycles. The molecule has 1 amide bonds. The van der Waals surface area contributed by atoms with Gasteiger partial charge >= 0.3 is 5.97 Å². The van der Waals surface area contributed by atoms with Crippen molar-refractivity contribution in [3.63, 3.8) is 0 Å². The van der Waals surface area contributed by atoms with E-state index in [9.17, 15) is 9.59 Å².